The zero-order valence-corrected chi connectivity index (χ0v) is 12.9. The lowest BCUT2D eigenvalue weighted by Gasteiger charge is -2.31. The maximum atomic E-state index is 11.3. The largest absolute Gasteiger partial charge is 0.491 e. The number of hydrogen-bond donors (Lipinski definition) is 3. The summed E-state index contributed by atoms with van der Waals surface area (Å²) in [6, 6.07) is 5.13. The molecule has 0 heterocycles. The first-order chi connectivity index (χ1) is 10.2. The van der Waals surface area contributed by atoms with Gasteiger partial charge in [0.15, 0.2) is 0 Å². The molecule has 4 N–H and O–H groups in total. The normalized spacial score (nSPS) is 13.3. The molecule has 0 saturated carbocycles. The molecule has 0 aliphatic carbocycles. The number of carboxylic acids is 1. The Morgan fingerprint density at radius 2 is 1.82 bits per heavy atom. The second-order valence-electron chi connectivity index (χ2n) is 5.24. The van der Waals surface area contributed by atoms with Gasteiger partial charge >= 0.3 is 12.1 Å². The highest BCUT2D eigenvalue weighted by Gasteiger charge is 2.27. The number of benzene rings is 1. The molecule has 0 aliphatic heterocycles. The van der Waals surface area contributed by atoms with Crippen LogP contribution in [0.25, 0.3) is 0 Å². The summed E-state index contributed by atoms with van der Waals surface area (Å²) in [5.74, 6) is -0.451. The standard InChI is InChI=1S/C15H22N2O5/c1-9-5-4-6-10(2)14(9)22-8-11(3)17(15(20)21)12(16)7-13(18)19/h4-6,11-12H,7-8,16H2,1-3H3,(H,18,19)(H,20,21). The number of carbonyl (C=O) groups is 2. The zero-order chi connectivity index (χ0) is 16.9. The summed E-state index contributed by atoms with van der Waals surface area (Å²) in [7, 11) is 0. The fraction of sp³-hybridized carbons (Fsp3) is 0.467. The molecular formula is C15H22N2O5. The van der Waals surface area contributed by atoms with E-state index in [1.807, 2.05) is 32.0 Å². The van der Waals surface area contributed by atoms with Gasteiger partial charge in [0.1, 0.15) is 12.4 Å². The molecule has 2 unspecified atom stereocenters. The summed E-state index contributed by atoms with van der Waals surface area (Å²) in [5.41, 5.74) is 7.55. The van der Waals surface area contributed by atoms with Gasteiger partial charge in [-0.1, -0.05) is 18.2 Å². The Labute approximate surface area is 129 Å². The van der Waals surface area contributed by atoms with Crippen LogP contribution in [0.5, 0.6) is 5.75 Å². The number of amides is 1. The number of rotatable bonds is 7. The molecule has 0 aromatic heterocycles. The van der Waals surface area contributed by atoms with Gasteiger partial charge in [0.05, 0.1) is 18.6 Å². The minimum Gasteiger partial charge on any atom is -0.491 e. The first kappa shape index (κ1) is 17.8. The van der Waals surface area contributed by atoms with Gasteiger partial charge in [0.2, 0.25) is 0 Å². The van der Waals surface area contributed by atoms with Gasteiger partial charge in [0.25, 0.3) is 0 Å². The number of hydrogen-bond acceptors (Lipinski definition) is 4. The average Bonchev–Trinajstić information content (AvgIpc) is 2.36. The zero-order valence-electron chi connectivity index (χ0n) is 12.9. The van der Waals surface area contributed by atoms with Crippen molar-refractivity contribution in [3.05, 3.63) is 29.3 Å². The second kappa shape index (κ2) is 7.65. The smallest absolute Gasteiger partial charge is 0.408 e. The van der Waals surface area contributed by atoms with Crippen LogP contribution in [-0.4, -0.2) is 46.0 Å². The van der Waals surface area contributed by atoms with Crippen molar-refractivity contribution in [2.24, 2.45) is 5.73 Å². The Kier molecular flexibility index (Phi) is 6.18. The Hall–Kier alpha value is -2.28. The number of ether oxygens (including phenoxy) is 1. The van der Waals surface area contributed by atoms with Crippen LogP contribution in [0.3, 0.4) is 0 Å². The fourth-order valence-electron chi connectivity index (χ4n) is 2.25. The topological polar surface area (TPSA) is 113 Å². The molecule has 1 aromatic carbocycles. The lowest BCUT2D eigenvalue weighted by Crippen LogP contribution is -2.52. The molecule has 0 spiro atoms. The summed E-state index contributed by atoms with van der Waals surface area (Å²) >= 11 is 0. The van der Waals surface area contributed by atoms with Crippen molar-refractivity contribution in [3.63, 3.8) is 0 Å². The van der Waals surface area contributed by atoms with Gasteiger partial charge in [-0.25, -0.2) is 4.79 Å². The molecule has 2 atom stereocenters. The highest BCUT2D eigenvalue weighted by atomic mass is 16.5. The molecule has 1 amide bonds. The van der Waals surface area contributed by atoms with E-state index in [0.29, 0.717) is 5.75 Å². The fourth-order valence-corrected chi connectivity index (χ4v) is 2.25. The van der Waals surface area contributed by atoms with Crippen molar-refractivity contribution in [1.82, 2.24) is 4.90 Å². The number of aryl methyl sites for hydroxylation is 2. The predicted molar refractivity (Wildman–Crippen MR) is 81.0 cm³/mol. The molecule has 122 valence electrons. The van der Waals surface area contributed by atoms with Crippen LogP contribution < -0.4 is 10.5 Å². The van der Waals surface area contributed by atoms with Crippen LogP contribution in [0, 0.1) is 13.8 Å². The molecule has 0 radical (unpaired) electrons. The number of aliphatic carboxylic acids is 1. The van der Waals surface area contributed by atoms with Crippen molar-refractivity contribution in [1.29, 1.82) is 0 Å². The quantitative estimate of drug-likeness (QED) is 0.662. The molecule has 0 saturated heterocycles. The van der Waals surface area contributed by atoms with E-state index in [4.69, 9.17) is 15.6 Å². The SMILES string of the molecule is Cc1cccc(C)c1OCC(C)N(C(=O)O)C(N)CC(=O)O. The third-order valence-corrected chi connectivity index (χ3v) is 3.31. The lowest BCUT2D eigenvalue weighted by atomic mass is 10.1. The molecule has 1 aromatic rings. The van der Waals surface area contributed by atoms with Crippen molar-refractivity contribution in [2.45, 2.75) is 39.4 Å². The third-order valence-electron chi connectivity index (χ3n) is 3.31. The van der Waals surface area contributed by atoms with Crippen LogP contribution in [0.2, 0.25) is 0 Å². The van der Waals surface area contributed by atoms with Crippen molar-refractivity contribution in [2.75, 3.05) is 6.61 Å². The summed E-state index contributed by atoms with van der Waals surface area (Å²) < 4.78 is 5.71. The summed E-state index contributed by atoms with van der Waals surface area (Å²) in [5, 5.41) is 18.0. The number of nitrogens with two attached hydrogens (primary N) is 1. The van der Waals surface area contributed by atoms with E-state index in [-0.39, 0.29) is 6.61 Å². The van der Waals surface area contributed by atoms with E-state index in [1.165, 1.54) is 0 Å². The Morgan fingerprint density at radius 3 is 2.27 bits per heavy atom. The van der Waals surface area contributed by atoms with E-state index < -0.39 is 30.7 Å². The van der Waals surface area contributed by atoms with Crippen LogP contribution in [0.1, 0.15) is 24.5 Å². The summed E-state index contributed by atoms with van der Waals surface area (Å²) in [6.45, 7) is 5.52. The van der Waals surface area contributed by atoms with Gasteiger partial charge in [-0.3, -0.25) is 9.69 Å². The summed E-state index contributed by atoms with van der Waals surface area (Å²) in [4.78, 5) is 22.9. The minimum atomic E-state index is -1.27. The van der Waals surface area contributed by atoms with Gasteiger partial charge in [-0.15, -0.1) is 0 Å². The molecule has 0 aliphatic rings. The number of nitrogens with zero attached hydrogens (tertiary/aromatic N) is 1. The van der Waals surface area contributed by atoms with Crippen molar-refractivity contribution < 1.29 is 24.5 Å². The van der Waals surface area contributed by atoms with Crippen molar-refractivity contribution in [3.8, 4) is 5.75 Å². The maximum absolute atomic E-state index is 11.3. The molecule has 0 fully saturated rings. The average molecular weight is 310 g/mol. The van der Waals surface area contributed by atoms with Crippen LogP contribution in [-0.2, 0) is 4.79 Å². The van der Waals surface area contributed by atoms with E-state index in [9.17, 15) is 14.7 Å². The van der Waals surface area contributed by atoms with Gasteiger partial charge in [-0.05, 0) is 31.9 Å². The second-order valence-corrected chi connectivity index (χ2v) is 5.24. The van der Waals surface area contributed by atoms with Crippen molar-refractivity contribution >= 4 is 12.1 Å². The van der Waals surface area contributed by atoms with E-state index in [0.717, 1.165) is 16.0 Å². The Bertz CT molecular complexity index is 526. The third kappa shape index (κ3) is 4.63. The minimum absolute atomic E-state index is 0.0886. The molecule has 0 bridgehead atoms. The van der Waals surface area contributed by atoms with E-state index in [2.05, 4.69) is 0 Å². The van der Waals surface area contributed by atoms with E-state index >= 15 is 0 Å². The summed E-state index contributed by atoms with van der Waals surface area (Å²) in [6.07, 6.45) is -2.85. The first-order valence-corrected chi connectivity index (χ1v) is 6.91. The molecule has 22 heavy (non-hydrogen) atoms. The molecule has 7 nitrogen and oxygen atoms in total. The van der Waals surface area contributed by atoms with Gasteiger partial charge in [-0.2, -0.15) is 0 Å². The Balaban J connectivity index is 2.78. The molecular weight excluding hydrogens is 288 g/mol. The number of carboxylic acid groups (broad SMARTS) is 2. The monoisotopic (exact) mass is 310 g/mol. The van der Waals surface area contributed by atoms with Crippen LogP contribution >= 0.6 is 0 Å². The molecule has 1 rings (SSSR count). The van der Waals surface area contributed by atoms with Crippen LogP contribution in [0.4, 0.5) is 4.79 Å². The predicted octanol–water partition coefficient (Wildman–Crippen LogP) is 1.81. The maximum Gasteiger partial charge on any atom is 0.408 e. The van der Waals surface area contributed by atoms with Gasteiger partial charge in [0, 0.05) is 0 Å². The lowest BCUT2D eigenvalue weighted by molar-refractivity contribution is -0.138. The van der Waals surface area contributed by atoms with Gasteiger partial charge < -0.3 is 20.7 Å². The molecule has 7 heteroatoms. The number of para-hydroxylation sites is 1. The van der Waals surface area contributed by atoms with Crippen LogP contribution in [0.15, 0.2) is 18.2 Å². The first-order valence-electron chi connectivity index (χ1n) is 6.91. The highest BCUT2D eigenvalue weighted by Crippen LogP contribution is 2.23. The van der Waals surface area contributed by atoms with E-state index in [1.54, 1.807) is 6.92 Å². The Morgan fingerprint density at radius 1 is 1.27 bits per heavy atom. The highest BCUT2D eigenvalue weighted by molar-refractivity contribution is 5.70.